The lowest BCUT2D eigenvalue weighted by Crippen LogP contribution is -2.12. The van der Waals surface area contributed by atoms with E-state index in [2.05, 4.69) is 23.6 Å². The Morgan fingerprint density at radius 2 is 2.07 bits per heavy atom. The summed E-state index contributed by atoms with van der Waals surface area (Å²) in [7, 11) is 0. The van der Waals surface area contributed by atoms with Crippen LogP contribution in [0.2, 0.25) is 0 Å². The van der Waals surface area contributed by atoms with E-state index in [-0.39, 0.29) is 0 Å². The van der Waals surface area contributed by atoms with Gasteiger partial charge in [-0.25, -0.2) is 0 Å². The van der Waals surface area contributed by atoms with Crippen molar-refractivity contribution in [1.29, 1.82) is 0 Å². The first kappa shape index (κ1) is 9.56. The Morgan fingerprint density at radius 1 is 1.43 bits per heavy atom. The maximum Gasteiger partial charge on any atom is 0.0735 e. The number of rotatable bonds is 2. The smallest absolute Gasteiger partial charge is 0.0735 e. The molecule has 3 heteroatoms. The van der Waals surface area contributed by atoms with E-state index < -0.39 is 0 Å². The SMILES string of the molecule is CC(C)c1c(N)cnn1C1CCCC1. The van der Waals surface area contributed by atoms with Crippen LogP contribution in [0.3, 0.4) is 0 Å². The molecule has 1 aromatic heterocycles. The average molecular weight is 193 g/mol. The summed E-state index contributed by atoms with van der Waals surface area (Å²) in [5.74, 6) is 0.470. The lowest BCUT2D eigenvalue weighted by atomic mass is 10.1. The van der Waals surface area contributed by atoms with E-state index in [9.17, 15) is 0 Å². The molecule has 0 spiro atoms. The summed E-state index contributed by atoms with van der Waals surface area (Å²) in [4.78, 5) is 0. The molecule has 0 unspecified atom stereocenters. The third-order valence-electron chi connectivity index (χ3n) is 3.08. The van der Waals surface area contributed by atoms with Crippen LogP contribution >= 0.6 is 0 Å². The molecule has 78 valence electrons. The van der Waals surface area contributed by atoms with Crippen molar-refractivity contribution in [3.63, 3.8) is 0 Å². The maximum atomic E-state index is 5.93. The van der Waals surface area contributed by atoms with Gasteiger partial charge in [0.2, 0.25) is 0 Å². The standard InChI is InChI=1S/C11H19N3/c1-8(2)11-10(12)7-13-14(11)9-5-3-4-6-9/h7-9H,3-6,12H2,1-2H3. The summed E-state index contributed by atoms with van der Waals surface area (Å²) >= 11 is 0. The number of hydrogen-bond donors (Lipinski definition) is 1. The summed E-state index contributed by atoms with van der Waals surface area (Å²) in [5.41, 5.74) is 8.00. The van der Waals surface area contributed by atoms with Gasteiger partial charge in [-0.1, -0.05) is 26.7 Å². The Morgan fingerprint density at radius 3 is 2.64 bits per heavy atom. The van der Waals surface area contributed by atoms with Gasteiger partial charge in [-0.2, -0.15) is 5.10 Å². The van der Waals surface area contributed by atoms with Crippen LogP contribution in [-0.2, 0) is 0 Å². The van der Waals surface area contributed by atoms with Gasteiger partial charge in [-0.05, 0) is 18.8 Å². The molecule has 2 N–H and O–H groups in total. The van der Waals surface area contributed by atoms with Gasteiger partial charge in [-0.3, -0.25) is 4.68 Å². The minimum atomic E-state index is 0.470. The molecule has 0 saturated heterocycles. The lowest BCUT2D eigenvalue weighted by Gasteiger charge is -2.16. The number of anilines is 1. The van der Waals surface area contributed by atoms with Crippen molar-refractivity contribution in [2.24, 2.45) is 0 Å². The van der Waals surface area contributed by atoms with Crippen molar-refractivity contribution in [2.45, 2.75) is 51.5 Å². The number of aromatic nitrogens is 2. The molecule has 1 heterocycles. The molecule has 0 aromatic carbocycles. The van der Waals surface area contributed by atoms with Crippen molar-refractivity contribution in [3.8, 4) is 0 Å². The van der Waals surface area contributed by atoms with Gasteiger partial charge in [0.1, 0.15) is 0 Å². The van der Waals surface area contributed by atoms with E-state index in [1.54, 1.807) is 6.20 Å². The van der Waals surface area contributed by atoms with Crippen molar-refractivity contribution in [2.75, 3.05) is 5.73 Å². The van der Waals surface area contributed by atoms with Gasteiger partial charge >= 0.3 is 0 Å². The third kappa shape index (κ3) is 1.51. The Hall–Kier alpha value is -0.990. The predicted molar refractivity (Wildman–Crippen MR) is 58.2 cm³/mol. The summed E-state index contributed by atoms with van der Waals surface area (Å²) in [6.45, 7) is 4.36. The summed E-state index contributed by atoms with van der Waals surface area (Å²) < 4.78 is 2.16. The van der Waals surface area contributed by atoms with Crippen LogP contribution in [0.25, 0.3) is 0 Å². The van der Waals surface area contributed by atoms with Crippen LogP contribution in [0.4, 0.5) is 5.69 Å². The molecule has 1 saturated carbocycles. The number of nitrogens with two attached hydrogens (primary N) is 1. The van der Waals surface area contributed by atoms with E-state index in [1.807, 2.05) is 0 Å². The largest absolute Gasteiger partial charge is 0.396 e. The topological polar surface area (TPSA) is 43.8 Å². The Balaban J connectivity index is 2.32. The number of nitrogen functional groups attached to an aromatic ring is 1. The fourth-order valence-electron chi connectivity index (χ4n) is 2.42. The van der Waals surface area contributed by atoms with Gasteiger partial charge in [0.25, 0.3) is 0 Å². The fraction of sp³-hybridized carbons (Fsp3) is 0.727. The molecule has 0 aliphatic heterocycles. The maximum absolute atomic E-state index is 5.93. The third-order valence-corrected chi connectivity index (χ3v) is 3.08. The molecule has 2 rings (SSSR count). The number of nitrogens with zero attached hydrogens (tertiary/aromatic N) is 2. The molecule has 0 bridgehead atoms. The van der Waals surface area contributed by atoms with Crippen molar-refractivity contribution >= 4 is 5.69 Å². The first-order valence-electron chi connectivity index (χ1n) is 5.53. The zero-order chi connectivity index (χ0) is 10.1. The summed E-state index contributed by atoms with van der Waals surface area (Å²) in [5, 5.41) is 4.41. The van der Waals surface area contributed by atoms with E-state index >= 15 is 0 Å². The highest BCUT2D eigenvalue weighted by Crippen LogP contribution is 2.33. The second-order valence-corrected chi connectivity index (χ2v) is 4.52. The predicted octanol–water partition coefficient (Wildman–Crippen LogP) is 2.70. The van der Waals surface area contributed by atoms with E-state index in [0.717, 1.165) is 5.69 Å². The normalized spacial score (nSPS) is 18.2. The summed E-state index contributed by atoms with van der Waals surface area (Å²) in [6.07, 6.45) is 7.00. The second kappa shape index (κ2) is 3.64. The van der Waals surface area contributed by atoms with Crippen LogP contribution in [0, 0.1) is 0 Å². The molecule has 14 heavy (non-hydrogen) atoms. The fourth-order valence-corrected chi connectivity index (χ4v) is 2.42. The molecule has 3 nitrogen and oxygen atoms in total. The second-order valence-electron chi connectivity index (χ2n) is 4.52. The van der Waals surface area contributed by atoms with Crippen LogP contribution in [0.15, 0.2) is 6.20 Å². The molecule has 1 aliphatic carbocycles. The van der Waals surface area contributed by atoms with Gasteiger partial charge in [0.05, 0.1) is 23.6 Å². The highest BCUT2D eigenvalue weighted by Gasteiger charge is 2.22. The average Bonchev–Trinajstić information content (AvgIpc) is 2.70. The van der Waals surface area contributed by atoms with Gasteiger partial charge in [-0.15, -0.1) is 0 Å². The monoisotopic (exact) mass is 193 g/mol. The van der Waals surface area contributed by atoms with E-state index in [4.69, 9.17) is 5.73 Å². The quantitative estimate of drug-likeness (QED) is 0.784. The Labute approximate surface area is 85.3 Å². The molecule has 1 aromatic rings. The van der Waals surface area contributed by atoms with Crippen LogP contribution < -0.4 is 5.73 Å². The first-order valence-corrected chi connectivity index (χ1v) is 5.53. The van der Waals surface area contributed by atoms with Crippen molar-refractivity contribution < 1.29 is 0 Å². The van der Waals surface area contributed by atoms with Crippen molar-refractivity contribution in [3.05, 3.63) is 11.9 Å². The molecule has 0 atom stereocenters. The molecule has 0 radical (unpaired) electrons. The van der Waals surface area contributed by atoms with Gasteiger partial charge in [0.15, 0.2) is 0 Å². The van der Waals surface area contributed by atoms with E-state index in [1.165, 1.54) is 31.4 Å². The van der Waals surface area contributed by atoms with Crippen molar-refractivity contribution in [1.82, 2.24) is 9.78 Å². The first-order chi connectivity index (χ1) is 6.70. The molecule has 0 amide bonds. The van der Waals surface area contributed by atoms with E-state index in [0.29, 0.717) is 12.0 Å². The van der Waals surface area contributed by atoms with Crippen LogP contribution in [0.1, 0.15) is 57.2 Å². The molecular weight excluding hydrogens is 174 g/mol. The van der Waals surface area contributed by atoms with Gasteiger partial charge < -0.3 is 5.73 Å². The highest BCUT2D eigenvalue weighted by molar-refractivity contribution is 5.42. The molecular formula is C11H19N3. The lowest BCUT2D eigenvalue weighted by molar-refractivity contribution is 0.442. The molecule has 1 aliphatic rings. The van der Waals surface area contributed by atoms with Crippen LogP contribution in [0.5, 0.6) is 0 Å². The zero-order valence-electron chi connectivity index (χ0n) is 9.03. The number of hydrogen-bond acceptors (Lipinski definition) is 2. The minimum Gasteiger partial charge on any atom is -0.396 e. The summed E-state index contributed by atoms with van der Waals surface area (Å²) in [6, 6.07) is 0.602. The Kier molecular flexibility index (Phi) is 2.48. The minimum absolute atomic E-state index is 0.470. The molecule has 1 fully saturated rings. The highest BCUT2D eigenvalue weighted by atomic mass is 15.3. The van der Waals surface area contributed by atoms with Crippen LogP contribution in [-0.4, -0.2) is 9.78 Å². The van der Waals surface area contributed by atoms with Gasteiger partial charge in [0, 0.05) is 0 Å². The zero-order valence-corrected chi connectivity index (χ0v) is 9.03. The Bertz CT molecular complexity index is 308.